The number of amides is 1. The van der Waals surface area contributed by atoms with Crippen LogP contribution in [0.3, 0.4) is 0 Å². The van der Waals surface area contributed by atoms with Crippen molar-refractivity contribution in [3.8, 4) is 11.8 Å². The third-order valence-electron chi connectivity index (χ3n) is 4.21. The van der Waals surface area contributed by atoms with Crippen LogP contribution < -0.4 is 15.4 Å². The number of rotatable bonds is 7. The standard InChI is InChI=1S/C22H20N4O2/c1-28-21-9-5-3-6-16(21)12-13-24-18-10-11-20(25-15-18)22(27)26-19-8-4-2-7-17(19)14-23/h2-11,15,24H,12-13H2,1H3,(H,26,27). The minimum absolute atomic E-state index is 0.281. The first-order valence-corrected chi connectivity index (χ1v) is 8.83. The number of para-hydroxylation sites is 2. The molecular weight excluding hydrogens is 352 g/mol. The highest BCUT2D eigenvalue weighted by Crippen LogP contribution is 2.18. The molecule has 140 valence electrons. The van der Waals surface area contributed by atoms with Crippen LogP contribution >= 0.6 is 0 Å². The number of pyridine rings is 1. The van der Waals surface area contributed by atoms with Gasteiger partial charge in [-0.1, -0.05) is 30.3 Å². The molecule has 0 spiro atoms. The van der Waals surface area contributed by atoms with Crippen LogP contribution in [0.25, 0.3) is 0 Å². The molecule has 0 atom stereocenters. The summed E-state index contributed by atoms with van der Waals surface area (Å²) in [5, 5.41) is 15.1. The highest BCUT2D eigenvalue weighted by Gasteiger charge is 2.10. The Kier molecular flexibility index (Phi) is 6.21. The zero-order valence-electron chi connectivity index (χ0n) is 15.5. The first-order valence-electron chi connectivity index (χ1n) is 8.83. The minimum atomic E-state index is -0.358. The summed E-state index contributed by atoms with van der Waals surface area (Å²) in [5.74, 6) is 0.510. The average molecular weight is 372 g/mol. The van der Waals surface area contributed by atoms with E-state index in [-0.39, 0.29) is 11.6 Å². The topological polar surface area (TPSA) is 87.0 Å². The highest BCUT2D eigenvalue weighted by atomic mass is 16.5. The summed E-state index contributed by atoms with van der Waals surface area (Å²) < 4.78 is 5.35. The highest BCUT2D eigenvalue weighted by molar-refractivity contribution is 6.03. The van der Waals surface area contributed by atoms with Crippen LogP contribution in [0.5, 0.6) is 5.75 Å². The van der Waals surface area contributed by atoms with E-state index in [0.29, 0.717) is 17.8 Å². The Balaban J connectivity index is 1.57. The van der Waals surface area contributed by atoms with Gasteiger partial charge in [-0.2, -0.15) is 5.26 Å². The zero-order chi connectivity index (χ0) is 19.8. The number of nitrogens with zero attached hydrogens (tertiary/aromatic N) is 2. The van der Waals surface area contributed by atoms with Gasteiger partial charge in [0.2, 0.25) is 0 Å². The Hall–Kier alpha value is -3.85. The number of nitriles is 1. The van der Waals surface area contributed by atoms with Crippen LogP contribution in [0, 0.1) is 11.3 Å². The molecule has 28 heavy (non-hydrogen) atoms. The number of anilines is 2. The molecule has 0 aliphatic heterocycles. The van der Waals surface area contributed by atoms with E-state index >= 15 is 0 Å². The van der Waals surface area contributed by atoms with Crippen LogP contribution in [-0.2, 0) is 6.42 Å². The van der Waals surface area contributed by atoms with E-state index in [4.69, 9.17) is 10.00 Å². The van der Waals surface area contributed by atoms with E-state index in [1.807, 2.05) is 24.3 Å². The molecule has 3 rings (SSSR count). The number of nitrogens with one attached hydrogen (secondary N) is 2. The van der Waals surface area contributed by atoms with Gasteiger partial charge < -0.3 is 15.4 Å². The molecule has 6 heteroatoms. The second kappa shape index (κ2) is 9.19. The maximum absolute atomic E-state index is 12.3. The fraction of sp³-hybridized carbons (Fsp3) is 0.136. The van der Waals surface area contributed by atoms with Gasteiger partial charge in [0.15, 0.2) is 0 Å². The molecule has 0 radical (unpaired) electrons. The lowest BCUT2D eigenvalue weighted by Gasteiger charge is -2.10. The molecule has 3 aromatic rings. The SMILES string of the molecule is COc1ccccc1CCNc1ccc(C(=O)Nc2ccccc2C#N)nc1. The normalized spacial score (nSPS) is 10.0. The van der Waals surface area contributed by atoms with Gasteiger partial charge in [-0.25, -0.2) is 4.98 Å². The summed E-state index contributed by atoms with van der Waals surface area (Å²) in [6, 6.07) is 20.3. The van der Waals surface area contributed by atoms with Gasteiger partial charge in [-0.3, -0.25) is 4.79 Å². The fourth-order valence-electron chi connectivity index (χ4n) is 2.76. The largest absolute Gasteiger partial charge is 0.496 e. The number of hydrogen-bond acceptors (Lipinski definition) is 5. The number of carbonyl (C=O) groups is 1. The molecule has 2 N–H and O–H groups in total. The molecule has 1 amide bonds. The molecule has 0 saturated heterocycles. The van der Waals surface area contributed by atoms with Crippen molar-refractivity contribution in [2.24, 2.45) is 0 Å². The molecule has 0 bridgehead atoms. The lowest BCUT2D eigenvalue weighted by molar-refractivity contribution is 0.102. The second-order valence-corrected chi connectivity index (χ2v) is 6.03. The lowest BCUT2D eigenvalue weighted by atomic mass is 10.1. The minimum Gasteiger partial charge on any atom is -0.496 e. The molecule has 0 aliphatic carbocycles. The van der Waals surface area contributed by atoms with Gasteiger partial charge in [0.1, 0.15) is 17.5 Å². The van der Waals surface area contributed by atoms with Crippen LogP contribution in [0.2, 0.25) is 0 Å². The number of ether oxygens (including phenoxy) is 1. The quantitative estimate of drug-likeness (QED) is 0.657. The van der Waals surface area contributed by atoms with Crippen LogP contribution in [0.1, 0.15) is 21.6 Å². The van der Waals surface area contributed by atoms with Crippen LogP contribution in [0.4, 0.5) is 11.4 Å². The Morgan fingerprint density at radius 3 is 2.64 bits per heavy atom. The number of methoxy groups -OCH3 is 1. The summed E-state index contributed by atoms with van der Waals surface area (Å²) in [7, 11) is 1.66. The number of hydrogen-bond donors (Lipinski definition) is 2. The Labute approximate surface area is 163 Å². The summed E-state index contributed by atoms with van der Waals surface area (Å²) in [5.41, 5.74) is 3.10. The van der Waals surface area contributed by atoms with Gasteiger partial charge >= 0.3 is 0 Å². The van der Waals surface area contributed by atoms with Gasteiger partial charge in [-0.15, -0.1) is 0 Å². The molecule has 1 aromatic heterocycles. The number of carbonyl (C=O) groups excluding carboxylic acids is 1. The van der Waals surface area contributed by atoms with Gasteiger partial charge in [0.05, 0.1) is 30.2 Å². The monoisotopic (exact) mass is 372 g/mol. The van der Waals surface area contributed by atoms with Crippen molar-refractivity contribution in [2.75, 3.05) is 24.3 Å². The molecular formula is C22H20N4O2. The van der Waals surface area contributed by atoms with Crippen LogP contribution in [0.15, 0.2) is 66.9 Å². The van der Waals surface area contributed by atoms with E-state index in [9.17, 15) is 4.79 Å². The molecule has 6 nitrogen and oxygen atoms in total. The maximum atomic E-state index is 12.3. The summed E-state index contributed by atoms with van der Waals surface area (Å²) in [4.78, 5) is 16.6. The number of benzene rings is 2. The zero-order valence-corrected chi connectivity index (χ0v) is 15.5. The van der Waals surface area contributed by atoms with Crippen molar-refractivity contribution < 1.29 is 9.53 Å². The summed E-state index contributed by atoms with van der Waals surface area (Å²) in [6.07, 6.45) is 2.42. The summed E-state index contributed by atoms with van der Waals surface area (Å²) >= 11 is 0. The Bertz CT molecular complexity index is 994. The predicted molar refractivity (Wildman–Crippen MR) is 109 cm³/mol. The van der Waals surface area contributed by atoms with Crippen molar-refractivity contribution in [3.63, 3.8) is 0 Å². The van der Waals surface area contributed by atoms with E-state index in [1.54, 1.807) is 49.7 Å². The van der Waals surface area contributed by atoms with Crippen molar-refractivity contribution in [3.05, 3.63) is 83.7 Å². The second-order valence-electron chi connectivity index (χ2n) is 6.03. The van der Waals surface area contributed by atoms with Crippen molar-refractivity contribution in [2.45, 2.75) is 6.42 Å². The third kappa shape index (κ3) is 4.65. The summed E-state index contributed by atoms with van der Waals surface area (Å²) in [6.45, 7) is 0.711. The van der Waals surface area contributed by atoms with E-state index < -0.39 is 0 Å². The van der Waals surface area contributed by atoms with Crippen molar-refractivity contribution in [1.29, 1.82) is 5.26 Å². The predicted octanol–water partition coefficient (Wildman–Crippen LogP) is 3.87. The van der Waals surface area contributed by atoms with Gasteiger partial charge in [0.25, 0.3) is 5.91 Å². The first-order chi connectivity index (χ1) is 13.7. The molecule has 0 fully saturated rings. The molecule has 0 saturated carbocycles. The van der Waals surface area contributed by atoms with Crippen LogP contribution in [-0.4, -0.2) is 24.5 Å². The maximum Gasteiger partial charge on any atom is 0.274 e. The lowest BCUT2D eigenvalue weighted by Crippen LogP contribution is -2.14. The van der Waals surface area contributed by atoms with Gasteiger partial charge in [0, 0.05) is 6.54 Å². The van der Waals surface area contributed by atoms with Crippen molar-refractivity contribution >= 4 is 17.3 Å². The third-order valence-corrected chi connectivity index (χ3v) is 4.21. The van der Waals surface area contributed by atoms with E-state index in [1.165, 1.54) is 0 Å². The Morgan fingerprint density at radius 2 is 1.89 bits per heavy atom. The molecule has 2 aromatic carbocycles. The molecule has 1 heterocycles. The Morgan fingerprint density at radius 1 is 1.11 bits per heavy atom. The van der Waals surface area contributed by atoms with Gasteiger partial charge in [-0.05, 0) is 42.3 Å². The fourth-order valence-corrected chi connectivity index (χ4v) is 2.76. The smallest absolute Gasteiger partial charge is 0.274 e. The van der Waals surface area contributed by atoms with E-state index in [2.05, 4.69) is 21.7 Å². The molecule has 0 aliphatic rings. The average Bonchev–Trinajstić information content (AvgIpc) is 2.75. The first kappa shape index (κ1) is 18.9. The van der Waals surface area contributed by atoms with Crippen molar-refractivity contribution in [1.82, 2.24) is 4.98 Å². The number of aromatic nitrogens is 1. The molecule has 0 unspecified atom stereocenters. The van der Waals surface area contributed by atoms with E-state index in [0.717, 1.165) is 23.4 Å².